The molecule has 0 radical (unpaired) electrons. The third-order valence-electron chi connectivity index (χ3n) is 3.56. The fraction of sp³-hybridized carbons (Fsp3) is 0.467. The molecule has 108 valence electrons. The summed E-state index contributed by atoms with van der Waals surface area (Å²) in [6.45, 7) is 2.23. The number of hydrogen-bond acceptors (Lipinski definition) is 3. The molecule has 1 aromatic carbocycles. The Morgan fingerprint density at radius 2 is 2.05 bits per heavy atom. The van der Waals surface area contributed by atoms with E-state index in [1.165, 1.54) is 0 Å². The summed E-state index contributed by atoms with van der Waals surface area (Å²) in [5, 5.41) is -0.262. The smallest absolute Gasteiger partial charge is 0.235 e. The summed E-state index contributed by atoms with van der Waals surface area (Å²) < 4.78 is 27.2. The molecule has 2 rings (SSSR count). The summed E-state index contributed by atoms with van der Waals surface area (Å²) in [6, 6.07) is 5.41. The van der Waals surface area contributed by atoms with Crippen LogP contribution in [0.15, 0.2) is 18.2 Å². The van der Waals surface area contributed by atoms with Gasteiger partial charge in [0, 0.05) is 11.3 Å². The first kappa shape index (κ1) is 14.9. The molecule has 0 heterocycles. The highest BCUT2D eigenvalue weighted by Crippen LogP contribution is 2.26. The van der Waals surface area contributed by atoms with Gasteiger partial charge in [-0.2, -0.15) is 0 Å². The first-order valence-corrected chi connectivity index (χ1v) is 8.39. The quantitative estimate of drug-likeness (QED) is 0.837. The van der Waals surface area contributed by atoms with E-state index in [9.17, 15) is 8.42 Å². The van der Waals surface area contributed by atoms with Gasteiger partial charge in [-0.3, -0.25) is 4.72 Å². The maximum Gasteiger partial charge on any atom is 0.235 e. The van der Waals surface area contributed by atoms with Gasteiger partial charge >= 0.3 is 0 Å². The molecule has 0 saturated heterocycles. The molecule has 0 atom stereocenters. The number of aryl methyl sites for hydroxylation is 1. The molecule has 1 fully saturated rings. The van der Waals surface area contributed by atoms with Crippen LogP contribution in [0.25, 0.3) is 0 Å². The van der Waals surface area contributed by atoms with Crippen LogP contribution in [0.1, 0.15) is 36.8 Å². The Bertz CT molecular complexity index is 636. The highest BCUT2D eigenvalue weighted by atomic mass is 32.2. The number of anilines is 1. The minimum atomic E-state index is -3.29. The molecule has 4 nitrogen and oxygen atoms in total. The van der Waals surface area contributed by atoms with Crippen molar-refractivity contribution in [2.75, 3.05) is 11.3 Å². The van der Waals surface area contributed by atoms with Gasteiger partial charge in [-0.1, -0.05) is 30.7 Å². The van der Waals surface area contributed by atoms with Crippen molar-refractivity contribution in [1.29, 1.82) is 0 Å². The SMILES string of the molecule is Cc1ccc(NS(=O)(=O)C2CCCC2)cc1C#CCN. The van der Waals surface area contributed by atoms with E-state index in [0.29, 0.717) is 5.69 Å². The second-order valence-corrected chi connectivity index (χ2v) is 7.05. The molecule has 0 unspecified atom stereocenters. The molecule has 0 bridgehead atoms. The zero-order valence-electron chi connectivity index (χ0n) is 11.6. The number of nitrogens with two attached hydrogens (primary N) is 1. The maximum atomic E-state index is 12.2. The van der Waals surface area contributed by atoms with Crippen LogP contribution in [0.4, 0.5) is 5.69 Å². The topological polar surface area (TPSA) is 72.2 Å². The Hall–Kier alpha value is -1.51. The van der Waals surface area contributed by atoms with Crippen molar-refractivity contribution in [2.45, 2.75) is 37.9 Å². The van der Waals surface area contributed by atoms with Crippen LogP contribution >= 0.6 is 0 Å². The molecule has 3 N–H and O–H groups in total. The zero-order valence-corrected chi connectivity index (χ0v) is 12.5. The lowest BCUT2D eigenvalue weighted by molar-refractivity contribution is 0.585. The van der Waals surface area contributed by atoms with Gasteiger partial charge in [-0.05, 0) is 37.5 Å². The third kappa shape index (κ3) is 3.53. The van der Waals surface area contributed by atoms with Crippen molar-refractivity contribution < 1.29 is 8.42 Å². The predicted molar refractivity (Wildman–Crippen MR) is 81.9 cm³/mol. The van der Waals surface area contributed by atoms with E-state index in [4.69, 9.17) is 5.73 Å². The van der Waals surface area contributed by atoms with E-state index in [1.54, 1.807) is 12.1 Å². The number of rotatable bonds is 3. The highest BCUT2D eigenvalue weighted by Gasteiger charge is 2.28. The molecular formula is C15H20N2O2S. The summed E-state index contributed by atoms with van der Waals surface area (Å²) in [5.74, 6) is 5.75. The van der Waals surface area contributed by atoms with E-state index in [2.05, 4.69) is 16.6 Å². The van der Waals surface area contributed by atoms with Crippen LogP contribution < -0.4 is 10.5 Å². The molecule has 0 spiro atoms. The van der Waals surface area contributed by atoms with Gasteiger partial charge < -0.3 is 5.73 Å². The molecule has 1 saturated carbocycles. The van der Waals surface area contributed by atoms with E-state index < -0.39 is 10.0 Å². The summed E-state index contributed by atoms with van der Waals surface area (Å²) in [6.07, 6.45) is 3.49. The van der Waals surface area contributed by atoms with E-state index >= 15 is 0 Å². The lowest BCUT2D eigenvalue weighted by Gasteiger charge is -2.14. The minimum Gasteiger partial charge on any atom is -0.320 e. The molecular weight excluding hydrogens is 272 g/mol. The Morgan fingerprint density at radius 3 is 2.70 bits per heavy atom. The Morgan fingerprint density at radius 1 is 1.35 bits per heavy atom. The van der Waals surface area contributed by atoms with Crippen molar-refractivity contribution in [1.82, 2.24) is 0 Å². The largest absolute Gasteiger partial charge is 0.320 e. The van der Waals surface area contributed by atoms with Crippen molar-refractivity contribution in [2.24, 2.45) is 5.73 Å². The molecule has 0 aromatic heterocycles. The fourth-order valence-corrected chi connectivity index (χ4v) is 3.99. The molecule has 5 heteroatoms. The molecule has 1 aliphatic rings. The molecule has 0 aliphatic heterocycles. The van der Waals surface area contributed by atoms with Crippen LogP contribution in [0.5, 0.6) is 0 Å². The van der Waals surface area contributed by atoms with Crippen LogP contribution in [-0.2, 0) is 10.0 Å². The van der Waals surface area contributed by atoms with Crippen molar-refractivity contribution in [3.05, 3.63) is 29.3 Å². The fourth-order valence-electron chi connectivity index (χ4n) is 2.41. The average Bonchev–Trinajstić information content (AvgIpc) is 2.94. The van der Waals surface area contributed by atoms with Gasteiger partial charge in [-0.25, -0.2) is 8.42 Å². The second kappa shape index (κ2) is 6.29. The van der Waals surface area contributed by atoms with Crippen molar-refractivity contribution in [3.8, 4) is 11.8 Å². The van der Waals surface area contributed by atoms with Crippen LogP contribution in [0.3, 0.4) is 0 Å². The summed E-state index contributed by atoms with van der Waals surface area (Å²) in [4.78, 5) is 0. The van der Waals surface area contributed by atoms with E-state index in [0.717, 1.165) is 36.8 Å². The first-order chi connectivity index (χ1) is 9.53. The Labute approximate surface area is 120 Å². The molecule has 1 aliphatic carbocycles. The maximum absolute atomic E-state index is 12.2. The number of hydrogen-bond donors (Lipinski definition) is 2. The summed E-state index contributed by atoms with van der Waals surface area (Å²) in [7, 11) is -3.29. The van der Waals surface area contributed by atoms with Crippen LogP contribution in [-0.4, -0.2) is 20.2 Å². The van der Waals surface area contributed by atoms with Crippen LogP contribution in [0.2, 0.25) is 0 Å². The standard InChI is InChI=1S/C15H20N2O2S/c1-12-8-9-14(11-13(12)5-4-10-16)17-20(18,19)15-6-2-3-7-15/h8-9,11,15,17H,2-3,6-7,10,16H2,1H3. The predicted octanol–water partition coefficient (Wildman–Crippen LogP) is 1.99. The lowest BCUT2D eigenvalue weighted by Crippen LogP contribution is -2.25. The second-order valence-electron chi connectivity index (χ2n) is 5.09. The van der Waals surface area contributed by atoms with Gasteiger partial charge in [0.05, 0.1) is 11.8 Å². The molecule has 20 heavy (non-hydrogen) atoms. The molecule has 0 amide bonds. The third-order valence-corrected chi connectivity index (χ3v) is 5.43. The van der Waals surface area contributed by atoms with Gasteiger partial charge in [0.1, 0.15) is 0 Å². The van der Waals surface area contributed by atoms with Crippen molar-refractivity contribution >= 4 is 15.7 Å². The minimum absolute atomic E-state index is 0.262. The average molecular weight is 292 g/mol. The van der Waals surface area contributed by atoms with Crippen molar-refractivity contribution in [3.63, 3.8) is 0 Å². The van der Waals surface area contributed by atoms with Gasteiger partial charge in [0.2, 0.25) is 10.0 Å². The number of benzene rings is 1. The highest BCUT2D eigenvalue weighted by molar-refractivity contribution is 7.93. The first-order valence-electron chi connectivity index (χ1n) is 6.84. The summed E-state index contributed by atoms with van der Waals surface area (Å²) in [5.41, 5.74) is 7.75. The summed E-state index contributed by atoms with van der Waals surface area (Å²) >= 11 is 0. The van der Waals surface area contributed by atoms with E-state index in [-0.39, 0.29) is 11.8 Å². The van der Waals surface area contributed by atoms with Crippen LogP contribution in [0, 0.1) is 18.8 Å². The Kier molecular flexibility index (Phi) is 4.69. The lowest BCUT2D eigenvalue weighted by atomic mass is 10.1. The number of nitrogens with one attached hydrogen (secondary N) is 1. The van der Waals surface area contributed by atoms with E-state index in [1.807, 2.05) is 13.0 Å². The normalized spacial score (nSPS) is 15.7. The molecule has 1 aromatic rings. The Balaban J connectivity index is 2.21. The van der Waals surface area contributed by atoms with Gasteiger partial charge in [0.15, 0.2) is 0 Å². The van der Waals surface area contributed by atoms with Gasteiger partial charge in [0.25, 0.3) is 0 Å². The number of sulfonamides is 1. The monoisotopic (exact) mass is 292 g/mol. The van der Waals surface area contributed by atoms with Gasteiger partial charge in [-0.15, -0.1) is 0 Å². The zero-order chi connectivity index (χ0) is 14.6.